The minimum Gasteiger partial charge on any atom is -0.334 e. The highest BCUT2D eigenvalue weighted by Gasteiger charge is 2.16. The lowest BCUT2D eigenvalue weighted by Crippen LogP contribution is -2.28. The third-order valence-corrected chi connectivity index (χ3v) is 4.78. The first-order valence-corrected chi connectivity index (χ1v) is 9.16. The van der Waals surface area contributed by atoms with E-state index in [1.54, 1.807) is 42.3 Å². The number of hydrogen-bond donors (Lipinski definition) is 1. The van der Waals surface area contributed by atoms with E-state index in [0.717, 1.165) is 24.4 Å². The van der Waals surface area contributed by atoms with Crippen molar-refractivity contribution in [2.24, 2.45) is 5.10 Å². The van der Waals surface area contributed by atoms with Crippen LogP contribution in [0.1, 0.15) is 29.5 Å². The summed E-state index contributed by atoms with van der Waals surface area (Å²) in [6.07, 6.45) is 0.959. The molecule has 4 rings (SSSR count). The third-order valence-electron chi connectivity index (χ3n) is 4.78. The molecule has 7 nitrogen and oxygen atoms in total. The second-order valence-corrected chi connectivity index (χ2v) is 6.95. The molecule has 1 aliphatic heterocycles. The molecule has 1 N–H and O–H groups in total. The van der Waals surface area contributed by atoms with Gasteiger partial charge in [0, 0.05) is 31.3 Å². The number of H-pyrrole nitrogens is 1. The van der Waals surface area contributed by atoms with Gasteiger partial charge in [0.2, 0.25) is 0 Å². The Morgan fingerprint density at radius 1 is 1.18 bits per heavy atom. The molecule has 0 unspecified atom stereocenters. The van der Waals surface area contributed by atoms with Gasteiger partial charge in [-0.1, -0.05) is 12.1 Å². The van der Waals surface area contributed by atoms with E-state index in [1.165, 1.54) is 0 Å². The summed E-state index contributed by atoms with van der Waals surface area (Å²) in [5.41, 5.74) is 3.07. The van der Waals surface area contributed by atoms with Crippen LogP contribution < -0.4 is 10.6 Å². The van der Waals surface area contributed by atoms with Gasteiger partial charge in [-0.2, -0.15) is 5.10 Å². The number of anilines is 1. The Kier molecular flexibility index (Phi) is 4.65. The van der Waals surface area contributed by atoms with Gasteiger partial charge < -0.3 is 9.88 Å². The zero-order valence-corrected chi connectivity index (χ0v) is 15.8. The van der Waals surface area contributed by atoms with Crippen LogP contribution >= 0.6 is 0 Å². The number of nitrogens with zero attached hydrogens (tertiary/aromatic N) is 4. The van der Waals surface area contributed by atoms with Crippen molar-refractivity contribution in [2.45, 2.75) is 19.9 Å². The van der Waals surface area contributed by atoms with E-state index in [4.69, 9.17) is 0 Å². The Morgan fingerprint density at radius 3 is 2.64 bits per heavy atom. The van der Waals surface area contributed by atoms with E-state index in [0.29, 0.717) is 22.3 Å². The third kappa shape index (κ3) is 3.51. The molecule has 0 bridgehead atoms. The first-order chi connectivity index (χ1) is 13.5. The standard InChI is InChI=1S/C21H21N5O2/c1-14-11-12-26(24-14)16-9-7-15(8-10-16)21(28)25(2)13-19-22-18-6-4-3-5-17(18)20(27)23-19/h3-10H,11-13H2,1-2H3,(H,22,23,27). The summed E-state index contributed by atoms with van der Waals surface area (Å²) in [6, 6.07) is 14.6. The molecule has 0 radical (unpaired) electrons. The second-order valence-electron chi connectivity index (χ2n) is 6.95. The number of aromatic amines is 1. The van der Waals surface area contributed by atoms with Gasteiger partial charge in [0.25, 0.3) is 11.5 Å². The lowest BCUT2D eigenvalue weighted by Gasteiger charge is -2.18. The van der Waals surface area contributed by atoms with Crippen LogP contribution in [0.5, 0.6) is 0 Å². The number of fused-ring (bicyclic) bond motifs is 1. The number of para-hydroxylation sites is 1. The summed E-state index contributed by atoms with van der Waals surface area (Å²) in [6.45, 7) is 3.09. The smallest absolute Gasteiger partial charge is 0.258 e. The van der Waals surface area contributed by atoms with Gasteiger partial charge in [-0.05, 0) is 43.3 Å². The molecule has 1 aromatic heterocycles. The summed E-state index contributed by atoms with van der Waals surface area (Å²) < 4.78 is 0. The monoisotopic (exact) mass is 375 g/mol. The molecule has 7 heteroatoms. The molecule has 0 spiro atoms. The Hall–Kier alpha value is -3.48. The number of aromatic nitrogens is 2. The highest BCUT2D eigenvalue weighted by atomic mass is 16.2. The molecule has 0 atom stereocenters. The molecule has 1 aliphatic rings. The van der Waals surface area contributed by atoms with Gasteiger partial charge in [0.05, 0.1) is 23.1 Å². The normalized spacial score (nSPS) is 13.6. The van der Waals surface area contributed by atoms with E-state index < -0.39 is 0 Å². The van der Waals surface area contributed by atoms with Crippen molar-refractivity contribution < 1.29 is 4.79 Å². The van der Waals surface area contributed by atoms with E-state index in [2.05, 4.69) is 15.1 Å². The molecule has 1 amide bonds. The number of hydrogen-bond acceptors (Lipinski definition) is 5. The van der Waals surface area contributed by atoms with Gasteiger partial charge in [-0.3, -0.25) is 14.6 Å². The van der Waals surface area contributed by atoms with Crippen LogP contribution in [0.4, 0.5) is 5.69 Å². The molecule has 28 heavy (non-hydrogen) atoms. The van der Waals surface area contributed by atoms with Gasteiger partial charge in [-0.25, -0.2) is 4.98 Å². The van der Waals surface area contributed by atoms with Gasteiger partial charge >= 0.3 is 0 Å². The van der Waals surface area contributed by atoms with E-state index in [9.17, 15) is 9.59 Å². The fourth-order valence-electron chi connectivity index (χ4n) is 3.26. The molecular weight excluding hydrogens is 354 g/mol. The number of carbonyl (C=O) groups is 1. The Bertz CT molecular complexity index is 1120. The first-order valence-electron chi connectivity index (χ1n) is 9.16. The predicted molar refractivity (Wildman–Crippen MR) is 110 cm³/mol. The summed E-state index contributed by atoms with van der Waals surface area (Å²) in [7, 11) is 1.69. The first kappa shape index (κ1) is 17.9. The van der Waals surface area contributed by atoms with Crippen molar-refractivity contribution in [1.82, 2.24) is 14.9 Å². The average Bonchev–Trinajstić information content (AvgIpc) is 3.14. The Morgan fingerprint density at radius 2 is 1.93 bits per heavy atom. The average molecular weight is 375 g/mol. The molecule has 0 saturated heterocycles. The number of hydrazone groups is 1. The minimum atomic E-state index is -0.202. The molecule has 142 valence electrons. The molecule has 2 aromatic carbocycles. The Balaban J connectivity index is 1.50. The molecule has 0 fully saturated rings. The molecule has 0 aliphatic carbocycles. The van der Waals surface area contributed by atoms with Gasteiger partial charge in [0.15, 0.2) is 0 Å². The van der Waals surface area contributed by atoms with Crippen LogP contribution in [0.15, 0.2) is 58.4 Å². The molecule has 2 heterocycles. The maximum Gasteiger partial charge on any atom is 0.258 e. The Labute approximate surface area is 162 Å². The largest absolute Gasteiger partial charge is 0.334 e. The van der Waals surface area contributed by atoms with Crippen molar-refractivity contribution in [2.75, 3.05) is 18.6 Å². The van der Waals surface area contributed by atoms with Gasteiger partial charge in [-0.15, -0.1) is 0 Å². The van der Waals surface area contributed by atoms with Crippen molar-refractivity contribution in [3.63, 3.8) is 0 Å². The molecule has 0 saturated carbocycles. The van der Waals surface area contributed by atoms with Crippen molar-refractivity contribution in [3.8, 4) is 0 Å². The maximum absolute atomic E-state index is 12.7. The van der Waals surface area contributed by atoms with Crippen molar-refractivity contribution >= 4 is 28.2 Å². The summed E-state index contributed by atoms with van der Waals surface area (Å²) in [5.74, 6) is 0.321. The number of nitrogens with one attached hydrogen (secondary N) is 1. The topological polar surface area (TPSA) is 81.7 Å². The lowest BCUT2D eigenvalue weighted by atomic mass is 10.1. The van der Waals surface area contributed by atoms with E-state index in [1.807, 2.05) is 30.1 Å². The lowest BCUT2D eigenvalue weighted by molar-refractivity contribution is 0.0781. The highest BCUT2D eigenvalue weighted by Crippen LogP contribution is 2.20. The van der Waals surface area contributed by atoms with Crippen LogP contribution in [0, 0.1) is 0 Å². The fraction of sp³-hybridized carbons (Fsp3) is 0.238. The van der Waals surface area contributed by atoms with Crippen molar-refractivity contribution in [1.29, 1.82) is 0 Å². The van der Waals surface area contributed by atoms with Gasteiger partial charge in [0.1, 0.15) is 5.82 Å². The quantitative estimate of drug-likeness (QED) is 0.760. The summed E-state index contributed by atoms with van der Waals surface area (Å²) in [4.78, 5) is 33.7. The fourth-order valence-corrected chi connectivity index (χ4v) is 3.26. The zero-order valence-electron chi connectivity index (χ0n) is 15.8. The van der Waals surface area contributed by atoms with E-state index in [-0.39, 0.29) is 18.0 Å². The zero-order chi connectivity index (χ0) is 19.7. The number of rotatable bonds is 4. The van der Waals surface area contributed by atoms with Crippen LogP contribution in [-0.4, -0.2) is 40.1 Å². The minimum absolute atomic E-state index is 0.136. The SMILES string of the molecule is CC1=NN(c2ccc(C(=O)N(C)Cc3nc4ccccc4c(=O)[nH]3)cc2)CC1. The summed E-state index contributed by atoms with van der Waals surface area (Å²) in [5, 5.41) is 6.95. The second kappa shape index (κ2) is 7.26. The highest BCUT2D eigenvalue weighted by molar-refractivity contribution is 5.94. The number of benzene rings is 2. The number of carbonyl (C=O) groups excluding carboxylic acids is 1. The predicted octanol–water partition coefficient (Wildman–Crippen LogP) is 2.78. The van der Waals surface area contributed by atoms with Crippen molar-refractivity contribution in [3.05, 3.63) is 70.3 Å². The van der Waals surface area contributed by atoms with E-state index >= 15 is 0 Å². The number of amides is 1. The maximum atomic E-state index is 12.7. The van der Waals surface area contributed by atoms with Crippen LogP contribution in [0.2, 0.25) is 0 Å². The summed E-state index contributed by atoms with van der Waals surface area (Å²) >= 11 is 0. The van der Waals surface area contributed by atoms with Crippen LogP contribution in [0.25, 0.3) is 10.9 Å². The molecular formula is C21H21N5O2. The van der Waals surface area contributed by atoms with Crippen LogP contribution in [-0.2, 0) is 6.54 Å². The molecule has 3 aromatic rings. The van der Waals surface area contributed by atoms with Crippen LogP contribution in [0.3, 0.4) is 0 Å².